The standard InChI is InChI=1S/C9H19NO/c1-3-7-11-8-9-5-4-6-10(9)2/h9-10H,2-8H2,1H3/t9-/m1/s1. The van der Waals surface area contributed by atoms with Crippen LogP contribution < -0.4 is 4.90 Å². The summed E-state index contributed by atoms with van der Waals surface area (Å²) in [6.07, 6.45) is 3.74. The summed E-state index contributed by atoms with van der Waals surface area (Å²) >= 11 is 0. The highest BCUT2D eigenvalue weighted by molar-refractivity contribution is 4.60. The lowest BCUT2D eigenvalue weighted by molar-refractivity contribution is -0.867. The highest BCUT2D eigenvalue weighted by atomic mass is 16.5. The second-order valence-corrected chi connectivity index (χ2v) is 3.32. The van der Waals surface area contributed by atoms with Crippen molar-refractivity contribution in [3.05, 3.63) is 7.05 Å². The molecule has 0 aromatic carbocycles. The number of rotatable bonds is 4. The SMILES string of the molecule is [CH2-][NH+]1CCC[C@@H]1COCCC. The Morgan fingerprint density at radius 1 is 1.64 bits per heavy atom. The van der Waals surface area contributed by atoms with Crippen molar-refractivity contribution in [2.45, 2.75) is 32.2 Å². The van der Waals surface area contributed by atoms with Crippen LogP contribution in [0.4, 0.5) is 0 Å². The molecule has 0 radical (unpaired) electrons. The summed E-state index contributed by atoms with van der Waals surface area (Å²) in [6.45, 7) is 5.18. The van der Waals surface area contributed by atoms with Crippen LogP contribution >= 0.6 is 0 Å². The van der Waals surface area contributed by atoms with Gasteiger partial charge in [0.15, 0.2) is 0 Å². The van der Waals surface area contributed by atoms with E-state index in [-0.39, 0.29) is 0 Å². The van der Waals surface area contributed by atoms with Gasteiger partial charge in [-0.05, 0) is 12.8 Å². The van der Waals surface area contributed by atoms with Gasteiger partial charge in [-0.1, -0.05) is 6.92 Å². The molecule has 66 valence electrons. The van der Waals surface area contributed by atoms with Gasteiger partial charge in [0, 0.05) is 13.0 Å². The second kappa shape index (κ2) is 4.73. The lowest BCUT2D eigenvalue weighted by atomic mass is 10.2. The van der Waals surface area contributed by atoms with E-state index in [9.17, 15) is 0 Å². The van der Waals surface area contributed by atoms with E-state index in [1.54, 1.807) is 0 Å². The minimum atomic E-state index is 0.668. The van der Waals surface area contributed by atoms with E-state index >= 15 is 0 Å². The average molecular weight is 157 g/mol. The smallest absolute Gasteiger partial charge is 0.0963 e. The molecular formula is C9H19NO. The Morgan fingerprint density at radius 2 is 2.45 bits per heavy atom. The monoisotopic (exact) mass is 157 g/mol. The zero-order valence-corrected chi connectivity index (χ0v) is 7.44. The molecule has 0 aromatic heterocycles. The highest BCUT2D eigenvalue weighted by Gasteiger charge is 2.20. The van der Waals surface area contributed by atoms with Crippen LogP contribution in [-0.2, 0) is 4.74 Å². The number of hydrogen-bond acceptors (Lipinski definition) is 1. The van der Waals surface area contributed by atoms with Crippen LogP contribution in [0, 0.1) is 7.05 Å². The van der Waals surface area contributed by atoms with Crippen molar-refractivity contribution < 1.29 is 9.64 Å². The van der Waals surface area contributed by atoms with Gasteiger partial charge in [0.05, 0.1) is 19.2 Å². The molecule has 2 nitrogen and oxygen atoms in total. The predicted octanol–water partition coefficient (Wildman–Crippen LogP) is 0.252. The molecule has 1 rings (SSSR count). The van der Waals surface area contributed by atoms with Gasteiger partial charge < -0.3 is 9.64 Å². The van der Waals surface area contributed by atoms with Gasteiger partial charge in [0.25, 0.3) is 0 Å². The van der Waals surface area contributed by atoms with Crippen molar-refractivity contribution in [1.29, 1.82) is 0 Å². The van der Waals surface area contributed by atoms with Crippen molar-refractivity contribution in [1.82, 2.24) is 0 Å². The lowest BCUT2D eigenvalue weighted by Gasteiger charge is -2.22. The van der Waals surface area contributed by atoms with Crippen molar-refractivity contribution >= 4 is 0 Å². The van der Waals surface area contributed by atoms with E-state index in [0.717, 1.165) is 19.6 Å². The third-order valence-corrected chi connectivity index (χ3v) is 2.30. The minimum Gasteiger partial charge on any atom is -0.463 e. The molecular weight excluding hydrogens is 138 g/mol. The maximum atomic E-state index is 5.48. The van der Waals surface area contributed by atoms with E-state index in [0.29, 0.717) is 6.04 Å². The minimum absolute atomic E-state index is 0.668. The first kappa shape index (κ1) is 9.01. The molecule has 0 amide bonds. The number of nitrogens with one attached hydrogen (secondary N) is 1. The highest BCUT2D eigenvalue weighted by Crippen LogP contribution is 1.99. The first-order valence-electron chi connectivity index (χ1n) is 4.60. The largest absolute Gasteiger partial charge is 0.463 e. The zero-order valence-electron chi connectivity index (χ0n) is 7.44. The molecule has 0 saturated carbocycles. The van der Waals surface area contributed by atoms with Crippen LogP contribution in [0.15, 0.2) is 0 Å². The van der Waals surface area contributed by atoms with Gasteiger partial charge >= 0.3 is 0 Å². The Hall–Kier alpha value is -0.0800. The molecule has 0 spiro atoms. The first-order chi connectivity index (χ1) is 5.34. The second-order valence-electron chi connectivity index (χ2n) is 3.32. The van der Waals surface area contributed by atoms with Crippen molar-refractivity contribution in [3.63, 3.8) is 0 Å². The molecule has 1 unspecified atom stereocenters. The molecule has 1 heterocycles. The fourth-order valence-electron chi connectivity index (χ4n) is 1.55. The Balaban J connectivity index is 2.05. The third-order valence-electron chi connectivity index (χ3n) is 2.30. The van der Waals surface area contributed by atoms with E-state index in [4.69, 9.17) is 4.74 Å². The molecule has 0 bridgehead atoms. The summed E-state index contributed by atoms with van der Waals surface area (Å²) in [5, 5.41) is 0. The number of likely N-dealkylation sites (tertiary alicyclic amines) is 1. The summed E-state index contributed by atoms with van der Waals surface area (Å²) in [6, 6.07) is 0.668. The van der Waals surface area contributed by atoms with E-state index in [1.165, 1.54) is 24.3 Å². The Bertz CT molecular complexity index is 106. The lowest BCUT2D eigenvalue weighted by Crippen LogP contribution is -3.09. The number of hydrogen-bond donors (Lipinski definition) is 1. The van der Waals surface area contributed by atoms with E-state index in [2.05, 4.69) is 14.0 Å². The van der Waals surface area contributed by atoms with E-state index in [1.807, 2.05) is 0 Å². The van der Waals surface area contributed by atoms with Gasteiger partial charge in [-0.15, -0.1) is 0 Å². The van der Waals surface area contributed by atoms with Crippen LogP contribution in [0.1, 0.15) is 26.2 Å². The van der Waals surface area contributed by atoms with Crippen molar-refractivity contribution in [2.24, 2.45) is 0 Å². The van der Waals surface area contributed by atoms with Crippen LogP contribution in [0.25, 0.3) is 0 Å². The quantitative estimate of drug-likeness (QED) is 0.456. The summed E-state index contributed by atoms with van der Waals surface area (Å²) < 4.78 is 5.48. The van der Waals surface area contributed by atoms with Crippen LogP contribution in [-0.4, -0.2) is 25.8 Å². The molecule has 1 fully saturated rings. The summed E-state index contributed by atoms with van der Waals surface area (Å²) in [5.74, 6) is 0. The molecule has 1 aliphatic heterocycles. The van der Waals surface area contributed by atoms with Gasteiger partial charge in [0.2, 0.25) is 0 Å². The van der Waals surface area contributed by atoms with Crippen molar-refractivity contribution in [2.75, 3.05) is 19.8 Å². The molecule has 2 heteroatoms. The van der Waals surface area contributed by atoms with Gasteiger partial charge in [-0.25, -0.2) is 0 Å². The normalized spacial score (nSPS) is 31.1. The molecule has 11 heavy (non-hydrogen) atoms. The number of ether oxygens (including phenoxy) is 1. The van der Waals surface area contributed by atoms with Crippen LogP contribution in [0.3, 0.4) is 0 Å². The number of quaternary nitrogens is 1. The maximum absolute atomic E-state index is 5.48. The maximum Gasteiger partial charge on any atom is 0.0963 e. The summed E-state index contributed by atoms with van der Waals surface area (Å²) in [7, 11) is 4.03. The topological polar surface area (TPSA) is 13.7 Å². The molecule has 2 atom stereocenters. The molecule has 0 aliphatic carbocycles. The fraction of sp³-hybridized carbons (Fsp3) is 0.889. The summed E-state index contributed by atoms with van der Waals surface area (Å²) in [4.78, 5) is 1.40. The molecule has 1 saturated heterocycles. The van der Waals surface area contributed by atoms with Crippen molar-refractivity contribution in [3.8, 4) is 0 Å². The van der Waals surface area contributed by atoms with Crippen LogP contribution in [0.2, 0.25) is 0 Å². The van der Waals surface area contributed by atoms with Gasteiger partial charge in [0.1, 0.15) is 0 Å². The van der Waals surface area contributed by atoms with E-state index < -0.39 is 0 Å². The van der Waals surface area contributed by atoms with Gasteiger partial charge in [-0.2, -0.15) is 7.05 Å². The fourth-order valence-corrected chi connectivity index (χ4v) is 1.55. The Labute approximate surface area is 69.5 Å². The summed E-state index contributed by atoms with van der Waals surface area (Å²) in [5.41, 5.74) is 0. The Kier molecular flexibility index (Phi) is 3.87. The van der Waals surface area contributed by atoms with Crippen LogP contribution in [0.5, 0.6) is 0 Å². The predicted molar refractivity (Wildman–Crippen MR) is 45.3 cm³/mol. The zero-order chi connectivity index (χ0) is 8.10. The average Bonchev–Trinajstić information content (AvgIpc) is 2.37. The first-order valence-corrected chi connectivity index (χ1v) is 4.60. The van der Waals surface area contributed by atoms with Gasteiger partial charge in [-0.3, -0.25) is 0 Å². The molecule has 0 aromatic rings. The molecule has 1 aliphatic rings. The molecule has 1 N–H and O–H groups in total. The Morgan fingerprint density at radius 3 is 3.00 bits per heavy atom. The third kappa shape index (κ3) is 2.80.